The van der Waals surface area contributed by atoms with Crippen LogP contribution in [0.1, 0.15) is 16.1 Å². The molecule has 6 heteroatoms. The van der Waals surface area contributed by atoms with E-state index in [1.807, 2.05) is 30.3 Å². The van der Waals surface area contributed by atoms with Crippen LogP contribution in [0.4, 0.5) is 5.69 Å². The molecule has 1 amide bonds. The van der Waals surface area contributed by atoms with Gasteiger partial charge < -0.3 is 19.5 Å². The van der Waals surface area contributed by atoms with E-state index in [1.165, 1.54) is 11.3 Å². The summed E-state index contributed by atoms with van der Waals surface area (Å²) in [5, 5.41) is 6.81. The molecule has 27 heavy (non-hydrogen) atoms. The summed E-state index contributed by atoms with van der Waals surface area (Å²) in [6.45, 7) is 2.29. The highest BCUT2D eigenvalue weighted by molar-refractivity contribution is 5.93. The Labute approximate surface area is 157 Å². The minimum Gasteiger partial charge on any atom is -0.496 e. The molecule has 0 radical (unpaired) electrons. The van der Waals surface area contributed by atoms with Gasteiger partial charge in [-0.1, -0.05) is 35.5 Å². The van der Waals surface area contributed by atoms with Gasteiger partial charge in [-0.15, -0.1) is 0 Å². The number of aromatic nitrogens is 1. The fourth-order valence-electron chi connectivity index (χ4n) is 3.39. The van der Waals surface area contributed by atoms with Gasteiger partial charge in [0.1, 0.15) is 5.75 Å². The number of ether oxygens (including phenoxy) is 1. The molecule has 0 bridgehead atoms. The highest BCUT2D eigenvalue weighted by Crippen LogP contribution is 2.30. The van der Waals surface area contributed by atoms with Gasteiger partial charge in [0.25, 0.3) is 5.91 Å². The number of nitrogens with zero attached hydrogens (tertiary/aromatic N) is 2. The average molecular weight is 363 g/mol. The molecule has 0 saturated heterocycles. The molecule has 4 rings (SSSR count). The lowest BCUT2D eigenvalue weighted by atomic mass is 10.1. The quantitative estimate of drug-likeness (QED) is 0.729. The van der Waals surface area contributed by atoms with Crippen molar-refractivity contribution in [3.8, 4) is 17.1 Å². The van der Waals surface area contributed by atoms with Crippen molar-refractivity contribution in [3.05, 3.63) is 65.9 Å². The summed E-state index contributed by atoms with van der Waals surface area (Å²) >= 11 is 0. The topological polar surface area (TPSA) is 67.6 Å². The Kier molecular flexibility index (Phi) is 4.78. The van der Waals surface area contributed by atoms with Gasteiger partial charge in [0.2, 0.25) is 0 Å². The van der Waals surface area contributed by atoms with E-state index in [9.17, 15) is 4.79 Å². The first-order valence-corrected chi connectivity index (χ1v) is 8.97. The predicted octanol–water partition coefficient (Wildman–Crippen LogP) is 3.14. The van der Waals surface area contributed by atoms with Crippen LogP contribution in [0.5, 0.6) is 5.75 Å². The van der Waals surface area contributed by atoms with E-state index in [-0.39, 0.29) is 11.6 Å². The maximum Gasteiger partial charge on any atom is 0.273 e. The molecule has 0 atom stereocenters. The number of hydrogen-bond donors (Lipinski definition) is 1. The van der Waals surface area contributed by atoms with E-state index in [4.69, 9.17) is 9.26 Å². The Morgan fingerprint density at radius 2 is 2.04 bits per heavy atom. The second-order valence-corrected chi connectivity index (χ2v) is 6.40. The molecule has 6 nitrogen and oxygen atoms in total. The molecule has 1 aliphatic heterocycles. The maximum absolute atomic E-state index is 12.4. The zero-order valence-electron chi connectivity index (χ0n) is 15.1. The summed E-state index contributed by atoms with van der Waals surface area (Å²) in [7, 11) is 1.60. The summed E-state index contributed by atoms with van der Waals surface area (Å²) < 4.78 is 10.7. The third-order valence-electron chi connectivity index (χ3n) is 4.77. The Hall–Kier alpha value is -3.28. The van der Waals surface area contributed by atoms with Crippen LogP contribution in [0.3, 0.4) is 0 Å². The molecule has 0 spiro atoms. The lowest BCUT2D eigenvalue weighted by molar-refractivity contribution is 0.0945. The molecule has 0 aliphatic carbocycles. The van der Waals surface area contributed by atoms with Crippen LogP contribution >= 0.6 is 0 Å². The highest BCUT2D eigenvalue weighted by Gasteiger charge is 2.19. The lowest BCUT2D eigenvalue weighted by Gasteiger charge is -2.19. The maximum atomic E-state index is 12.4. The lowest BCUT2D eigenvalue weighted by Crippen LogP contribution is -2.34. The summed E-state index contributed by atoms with van der Waals surface area (Å²) in [6, 6.07) is 17.5. The van der Waals surface area contributed by atoms with E-state index in [0.29, 0.717) is 18.1 Å². The summed E-state index contributed by atoms with van der Waals surface area (Å²) in [6.07, 6.45) is 1.05. The van der Waals surface area contributed by atoms with Gasteiger partial charge in [-0.3, -0.25) is 4.79 Å². The molecule has 0 fully saturated rings. The smallest absolute Gasteiger partial charge is 0.273 e. The highest BCUT2D eigenvalue weighted by atomic mass is 16.5. The molecule has 1 aliphatic rings. The van der Waals surface area contributed by atoms with E-state index in [0.717, 1.165) is 25.1 Å². The van der Waals surface area contributed by atoms with Crippen LogP contribution in [-0.4, -0.2) is 37.8 Å². The Morgan fingerprint density at radius 1 is 1.22 bits per heavy atom. The average Bonchev–Trinajstić information content (AvgIpc) is 3.36. The fraction of sp³-hybridized carbons (Fsp3) is 0.238. The summed E-state index contributed by atoms with van der Waals surface area (Å²) in [5.74, 6) is 0.937. The van der Waals surface area contributed by atoms with Crippen LogP contribution in [0.2, 0.25) is 0 Å². The molecule has 0 unspecified atom stereocenters. The monoisotopic (exact) mass is 363 g/mol. The van der Waals surface area contributed by atoms with Crippen LogP contribution in [-0.2, 0) is 6.42 Å². The molecule has 1 N–H and O–H groups in total. The van der Waals surface area contributed by atoms with Crippen molar-refractivity contribution in [1.29, 1.82) is 0 Å². The van der Waals surface area contributed by atoms with Gasteiger partial charge >= 0.3 is 0 Å². The first-order valence-electron chi connectivity index (χ1n) is 8.97. The number of nitrogens with one attached hydrogen (secondary N) is 1. The molecule has 1 aromatic heterocycles. The number of benzene rings is 2. The number of carbonyl (C=O) groups is 1. The normalized spacial score (nSPS) is 12.7. The number of fused-ring (bicyclic) bond motifs is 1. The zero-order valence-corrected chi connectivity index (χ0v) is 15.1. The van der Waals surface area contributed by atoms with Crippen LogP contribution in [0, 0.1) is 0 Å². The van der Waals surface area contributed by atoms with Gasteiger partial charge in [-0.25, -0.2) is 0 Å². The van der Waals surface area contributed by atoms with Gasteiger partial charge in [0.05, 0.1) is 12.7 Å². The standard InChI is InChI=1S/C21H21N3O3/c1-26-19-9-5-3-7-16(19)20-14-17(23-27-20)21(25)22-11-13-24-12-10-15-6-2-4-8-18(15)24/h2-9,14H,10-13H2,1H3,(H,22,25). The Bertz CT molecular complexity index is 951. The first-order chi connectivity index (χ1) is 13.3. The minimum atomic E-state index is -0.243. The molecular weight excluding hydrogens is 342 g/mol. The second-order valence-electron chi connectivity index (χ2n) is 6.40. The van der Waals surface area contributed by atoms with Crippen molar-refractivity contribution < 1.29 is 14.1 Å². The molecule has 2 aromatic carbocycles. The van der Waals surface area contributed by atoms with Gasteiger partial charge in [-0.05, 0) is 30.2 Å². The molecule has 138 valence electrons. The second kappa shape index (κ2) is 7.53. The van der Waals surface area contributed by atoms with Crippen LogP contribution in [0.15, 0.2) is 59.1 Å². The van der Waals surface area contributed by atoms with Crippen molar-refractivity contribution in [2.24, 2.45) is 0 Å². The fourth-order valence-corrected chi connectivity index (χ4v) is 3.39. The number of methoxy groups -OCH3 is 1. The van der Waals surface area contributed by atoms with Crippen molar-refractivity contribution in [1.82, 2.24) is 10.5 Å². The largest absolute Gasteiger partial charge is 0.496 e. The summed E-state index contributed by atoms with van der Waals surface area (Å²) in [4.78, 5) is 14.7. The molecule has 3 aromatic rings. The molecule has 2 heterocycles. The Morgan fingerprint density at radius 3 is 2.93 bits per heavy atom. The van der Waals surface area contributed by atoms with Crippen molar-refractivity contribution in [2.45, 2.75) is 6.42 Å². The third kappa shape index (κ3) is 3.51. The first kappa shape index (κ1) is 17.1. The molecular formula is C21H21N3O3. The SMILES string of the molecule is COc1ccccc1-c1cc(C(=O)NCCN2CCc3ccccc32)no1. The van der Waals surface area contributed by atoms with Crippen molar-refractivity contribution >= 4 is 11.6 Å². The third-order valence-corrected chi connectivity index (χ3v) is 4.77. The van der Waals surface area contributed by atoms with Gasteiger partial charge in [-0.2, -0.15) is 0 Å². The van der Waals surface area contributed by atoms with E-state index in [1.54, 1.807) is 13.2 Å². The summed E-state index contributed by atoms with van der Waals surface area (Å²) in [5.41, 5.74) is 3.64. The van der Waals surface area contributed by atoms with Crippen molar-refractivity contribution in [2.75, 3.05) is 31.6 Å². The Balaban J connectivity index is 1.37. The van der Waals surface area contributed by atoms with Gasteiger partial charge in [0.15, 0.2) is 11.5 Å². The zero-order chi connectivity index (χ0) is 18.6. The number of rotatable bonds is 6. The number of para-hydroxylation sites is 2. The number of hydrogen-bond acceptors (Lipinski definition) is 5. The predicted molar refractivity (Wildman–Crippen MR) is 103 cm³/mol. The minimum absolute atomic E-state index is 0.243. The molecule has 0 saturated carbocycles. The van der Waals surface area contributed by atoms with Crippen molar-refractivity contribution in [3.63, 3.8) is 0 Å². The van der Waals surface area contributed by atoms with E-state index in [2.05, 4.69) is 33.6 Å². The van der Waals surface area contributed by atoms with E-state index < -0.39 is 0 Å². The van der Waals surface area contributed by atoms with Crippen LogP contribution < -0.4 is 15.0 Å². The van der Waals surface area contributed by atoms with Crippen LogP contribution in [0.25, 0.3) is 11.3 Å². The van der Waals surface area contributed by atoms with Gasteiger partial charge in [0, 0.05) is 31.4 Å². The number of amides is 1. The number of carbonyl (C=O) groups excluding carboxylic acids is 1. The van der Waals surface area contributed by atoms with E-state index >= 15 is 0 Å². The number of anilines is 1.